The Morgan fingerprint density at radius 2 is 1.83 bits per heavy atom. The molecule has 1 saturated carbocycles. The molecule has 2 heterocycles. The third kappa shape index (κ3) is 3.86. The highest BCUT2D eigenvalue weighted by molar-refractivity contribution is 6.37. The zero-order valence-electron chi connectivity index (χ0n) is 15.7. The molecule has 0 saturated heterocycles. The van der Waals surface area contributed by atoms with Crippen LogP contribution in [0.2, 0.25) is 10.0 Å². The van der Waals surface area contributed by atoms with E-state index in [1.54, 1.807) is 6.07 Å². The number of amidine groups is 1. The maximum atomic E-state index is 12.2. The van der Waals surface area contributed by atoms with E-state index in [1.165, 1.54) is 12.1 Å². The van der Waals surface area contributed by atoms with Crippen molar-refractivity contribution in [2.75, 3.05) is 5.01 Å². The van der Waals surface area contributed by atoms with Crippen LogP contribution in [0.1, 0.15) is 37.2 Å². The van der Waals surface area contributed by atoms with Crippen molar-refractivity contribution in [2.24, 2.45) is 10.8 Å². The number of amides is 2. The first-order valence-electron chi connectivity index (χ1n) is 9.24. The highest BCUT2D eigenvalue weighted by Crippen LogP contribution is 2.40. The van der Waals surface area contributed by atoms with Gasteiger partial charge in [0.05, 0.1) is 21.4 Å². The molecule has 1 aromatic carbocycles. The van der Waals surface area contributed by atoms with E-state index in [4.69, 9.17) is 33.7 Å². The number of hydrogen-bond donors (Lipinski definition) is 3. The van der Waals surface area contributed by atoms with E-state index in [1.807, 2.05) is 0 Å². The number of ether oxygens (including phenoxy) is 1. The Morgan fingerprint density at radius 1 is 1.17 bits per heavy atom. The zero-order valence-corrected chi connectivity index (χ0v) is 17.3. The molecule has 4 rings (SSSR count). The molecule has 30 heavy (non-hydrogen) atoms. The van der Waals surface area contributed by atoms with Crippen molar-refractivity contribution in [1.29, 1.82) is 0 Å². The molecule has 0 spiro atoms. The summed E-state index contributed by atoms with van der Waals surface area (Å²) in [6.07, 6.45) is 4.09. The third-order valence-corrected chi connectivity index (χ3v) is 5.57. The number of rotatable bonds is 4. The topological polar surface area (TPSA) is 126 Å². The molecule has 156 valence electrons. The van der Waals surface area contributed by atoms with E-state index < -0.39 is 6.03 Å². The number of halogens is 2. The van der Waals surface area contributed by atoms with E-state index in [-0.39, 0.29) is 50.4 Å². The molecule has 1 aliphatic heterocycles. The lowest BCUT2D eigenvalue weighted by atomic mass is 10.00. The number of hydrazone groups is 1. The first-order valence-corrected chi connectivity index (χ1v) is 10.00. The summed E-state index contributed by atoms with van der Waals surface area (Å²) in [6, 6.07) is 3.97. The number of carbonyl (C=O) groups is 1. The van der Waals surface area contributed by atoms with Gasteiger partial charge in [0.2, 0.25) is 5.88 Å². The van der Waals surface area contributed by atoms with E-state index in [0.29, 0.717) is 5.56 Å². The van der Waals surface area contributed by atoms with Crippen LogP contribution < -0.4 is 26.4 Å². The van der Waals surface area contributed by atoms with Gasteiger partial charge in [-0.1, -0.05) is 42.6 Å². The number of nitrogens with one attached hydrogen (secondary N) is 2. The number of nitrogens with zero attached hydrogens (tertiary/aromatic N) is 3. The summed E-state index contributed by atoms with van der Waals surface area (Å²) in [7, 11) is 0. The maximum absolute atomic E-state index is 12.2. The lowest BCUT2D eigenvalue weighted by molar-refractivity contribution is 0.248. The molecule has 11 heteroatoms. The van der Waals surface area contributed by atoms with Gasteiger partial charge in [0.15, 0.2) is 11.6 Å². The van der Waals surface area contributed by atoms with E-state index >= 15 is 0 Å². The van der Waals surface area contributed by atoms with Crippen molar-refractivity contribution < 1.29 is 9.53 Å². The smallest absolute Gasteiger partial charge is 0.347 e. The number of carbonyl (C=O) groups excluding carboxylic acids is 1. The molecule has 2 aliphatic rings. The summed E-state index contributed by atoms with van der Waals surface area (Å²) in [5, 5.41) is 14.1. The maximum Gasteiger partial charge on any atom is 0.347 e. The van der Waals surface area contributed by atoms with Gasteiger partial charge in [-0.25, -0.2) is 9.89 Å². The van der Waals surface area contributed by atoms with Crippen molar-refractivity contribution in [3.63, 3.8) is 0 Å². The van der Waals surface area contributed by atoms with Gasteiger partial charge in [-0.2, -0.15) is 5.01 Å². The first kappa shape index (κ1) is 20.2. The van der Waals surface area contributed by atoms with Crippen LogP contribution in [0.15, 0.2) is 40.4 Å². The fraction of sp³-hybridized carbons (Fsp3) is 0.263. The number of H-pyrrole nitrogens is 1. The molecule has 2 aromatic rings. The average molecular weight is 449 g/mol. The van der Waals surface area contributed by atoms with Crippen molar-refractivity contribution in [3.05, 3.63) is 56.4 Å². The SMILES string of the molecule is C=C1NC(=O)N(c2cc(Cl)c(Oc3cc(C4CCCC4)c(=O)[nH]n3)c(Cl)c2)N=C1N. The Labute approximate surface area is 181 Å². The highest BCUT2D eigenvalue weighted by Gasteiger charge is 2.25. The number of benzene rings is 1. The van der Waals surface area contributed by atoms with Crippen molar-refractivity contribution in [2.45, 2.75) is 31.6 Å². The normalized spacial score (nSPS) is 17.1. The number of aromatic amines is 1. The van der Waals surface area contributed by atoms with Crippen LogP contribution in [-0.4, -0.2) is 22.1 Å². The molecule has 0 bridgehead atoms. The van der Waals surface area contributed by atoms with Gasteiger partial charge in [0, 0.05) is 11.6 Å². The molecule has 2 amide bonds. The molecule has 1 aromatic heterocycles. The molecular weight excluding hydrogens is 431 g/mol. The highest BCUT2D eigenvalue weighted by atomic mass is 35.5. The number of urea groups is 1. The number of aromatic nitrogens is 2. The van der Waals surface area contributed by atoms with Crippen molar-refractivity contribution in [3.8, 4) is 11.6 Å². The quantitative estimate of drug-likeness (QED) is 0.654. The Morgan fingerprint density at radius 3 is 2.50 bits per heavy atom. The number of anilines is 1. The summed E-state index contributed by atoms with van der Waals surface area (Å²) >= 11 is 12.7. The van der Waals surface area contributed by atoms with Crippen LogP contribution in [0.5, 0.6) is 11.6 Å². The van der Waals surface area contributed by atoms with Crippen LogP contribution >= 0.6 is 23.2 Å². The molecular formula is C19H18Cl2N6O3. The standard InChI is InChI=1S/C19H18Cl2N6O3/c1-9-17(22)26-27(19(29)23-9)11-6-13(20)16(14(21)7-11)30-15-8-12(18(28)25-24-15)10-4-2-3-5-10/h6-8,10H,1-5H2,(H2,22,26)(H,23,29)(H,25,28). The molecule has 1 fully saturated rings. The summed E-state index contributed by atoms with van der Waals surface area (Å²) in [5.74, 6) is 0.544. The van der Waals surface area contributed by atoms with Crippen LogP contribution in [0.25, 0.3) is 0 Å². The lowest BCUT2D eigenvalue weighted by Gasteiger charge is -2.24. The third-order valence-electron chi connectivity index (χ3n) is 5.01. The molecule has 0 radical (unpaired) electrons. The molecule has 0 atom stereocenters. The van der Waals surface area contributed by atoms with Gasteiger partial charge in [0.25, 0.3) is 5.56 Å². The number of hydrogen-bond acceptors (Lipinski definition) is 6. The Hall–Kier alpha value is -3.04. The van der Waals surface area contributed by atoms with Gasteiger partial charge in [-0.15, -0.1) is 10.2 Å². The predicted molar refractivity (Wildman–Crippen MR) is 114 cm³/mol. The molecule has 0 unspecified atom stereocenters. The molecule has 9 nitrogen and oxygen atoms in total. The first-order chi connectivity index (χ1) is 14.3. The van der Waals surface area contributed by atoms with E-state index in [0.717, 1.165) is 30.7 Å². The van der Waals surface area contributed by atoms with Gasteiger partial charge in [0.1, 0.15) is 0 Å². The van der Waals surface area contributed by atoms with Crippen LogP contribution in [0.3, 0.4) is 0 Å². The van der Waals surface area contributed by atoms with Crippen LogP contribution in [-0.2, 0) is 0 Å². The monoisotopic (exact) mass is 448 g/mol. The van der Waals surface area contributed by atoms with E-state index in [9.17, 15) is 9.59 Å². The molecule has 4 N–H and O–H groups in total. The van der Waals surface area contributed by atoms with Gasteiger partial charge < -0.3 is 15.8 Å². The summed E-state index contributed by atoms with van der Waals surface area (Å²) in [4.78, 5) is 24.3. The second-order valence-electron chi connectivity index (χ2n) is 7.02. The lowest BCUT2D eigenvalue weighted by Crippen LogP contribution is -2.45. The van der Waals surface area contributed by atoms with Gasteiger partial charge in [-0.05, 0) is 30.9 Å². The summed E-state index contributed by atoms with van der Waals surface area (Å²) < 4.78 is 5.76. The second kappa shape index (κ2) is 8.00. The fourth-order valence-electron chi connectivity index (χ4n) is 3.50. The van der Waals surface area contributed by atoms with Crippen LogP contribution in [0, 0.1) is 0 Å². The van der Waals surface area contributed by atoms with E-state index in [2.05, 4.69) is 27.2 Å². The minimum Gasteiger partial charge on any atom is -0.434 e. The Kier molecular flexibility index (Phi) is 5.40. The molecule has 1 aliphatic carbocycles. The second-order valence-corrected chi connectivity index (χ2v) is 7.83. The minimum atomic E-state index is -0.557. The predicted octanol–water partition coefficient (Wildman–Crippen LogP) is 3.84. The Bertz CT molecular complexity index is 1100. The average Bonchev–Trinajstić information content (AvgIpc) is 3.23. The van der Waals surface area contributed by atoms with Gasteiger partial charge in [-0.3, -0.25) is 4.79 Å². The summed E-state index contributed by atoms with van der Waals surface area (Å²) in [5.41, 5.74) is 6.62. The minimum absolute atomic E-state index is 0.0547. The van der Waals surface area contributed by atoms with Crippen molar-refractivity contribution in [1.82, 2.24) is 15.5 Å². The fourth-order valence-corrected chi connectivity index (χ4v) is 4.05. The Balaban J connectivity index is 1.64. The van der Waals surface area contributed by atoms with Crippen molar-refractivity contribution >= 4 is 40.8 Å². The van der Waals surface area contributed by atoms with Gasteiger partial charge >= 0.3 is 6.03 Å². The number of nitrogens with two attached hydrogens (primary N) is 1. The zero-order chi connectivity index (χ0) is 21.4. The summed E-state index contributed by atoms with van der Waals surface area (Å²) in [6.45, 7) is 3.59. The largest absolute Gasteiger partial charge is 0.434 e. The van der Waals surface area contributed by atoms with Crippen LogP contribution in [0.4, 0.5) is 10.5 Å².